The van der Waals surface area contributed by atoms with Crippen molar-refractivity contribution in [3.63, 3.8) is 0 Å². The predicted octanol–water partition coefficient (Wildman–Crippen LogP) is 2.50. The van der Waals surface area contributed by atoms with Gasteiger partial charge in [-0.3, -0.25) is 24.1 Å². The fourth-order valence-corrected chi connectivity index (χ4v) is 5.54. The Morgan fingerprint density at radius 3 is 2.28 bits per heavy atom. The SMILES string of the molecule is CC(C)C[C@H](C(=O)N1C[C@@H]2C[C@H](C1)c1cccc(=O)n1C2)N1C(=O)c2ccccc2C1=O. The van der Waals surface area contributed by atoms with E-state index in [-0.39, 0.29) is 29.2 Å². The Bertz CT molecular complexity index is 1130. The zero-order valence-electron chi connectivity index (χ0n) is 18.4. The molecular weight excluding hydrogens is 406 g/mol. The molecule has 0 N–H and O–H groups in total. The molecule has 3 aliphatic rings. The number of hydrogen-bond donors (Lipinski definition) is 0. The van der Waals surface area contributed by atoms with E-state index in [1.165, 1.54) is 4.90 Å². The van der Waals surface area contributed by atoms with Gasteiger partial charge in [-0.2, -0.15) is 0 Å². The third-order valence-electron chi connectivity index (χ3n) is 6.91. The van der Waals surface area contributed by atoms with Gasteiger partial charge in [-0.05, 0) is 42.9 Å². The maximum atomic E-state index is 13.8. The summed E-state index contributed by atoms with van der Waals surface area (Å²) in [6.07, 6.45) is 1.36. The molecule has 166 valence electrons. The number of likely N-dealkylation sites (tertiary alicyclic amines) is 1. The van der Waals surface area contributed by atoms with Crippen LogP contribution in [0.15, 0.2) is 47.3 Å². The van der Waals surface area contributed by atoms with Gasteiger partial charge in [0.1, 0.15) is 6.04 Å². The molecule has 1 aromatic carbocycles. The van der Waals surface area contributed by atoms with E-state index < -0.39 is 17.9 Å². The van der Waals surface area contributed by atoms with Crippen molar-refractivity contribution in [2.45, 2.75) is 45.2 Å². The number of benzene rings is 1. The lowest BCUT2D eigenvalue weighted by molar-refractivity contribution is -0.138. The molecule has 0 unspecified atom stereocenters. The average molecular weight is 434 g/mol. The highest BCUT2D eigenvalue weighted by Gasteiger charge is 2.45. The van der Waals surface area contributed by atoms with Crippen molar-refractivity contribution in [2.75, 3.05) is 13.1 Å². The number of fused-ring (bicyclic) bond motifs is 5. The van der Waals surface area contributed by atoms with Gasteiger partial charge in [0.25, 0.3) is 17.4 Å². The van der Waals surface area contributed by atoms with E-state index in [9.17, 15) is 19.2 Å². The van der Waals surface area contributed by atoms with E-state index in [1.54, 1.807) is 36.4 Å². The summed E-state index contributed by atoms with van der Waals surface area (Å²) in [4.78, 5) is 55.3. The zero-order valence-corrected chi connectivity index (χ0v) is 18.4. The number of nitrogens with zero attached hydrogens (tertiary/aromatic N) is 3. The van der Waals surface area contributed by atoms with Crippen LogP contribution in [0.2, 0.25) is 0 Å². The number of imide groups is 1. The lowest BCUT2D eigenvalue weighted by atomic mass is 9.82. The number of pyridine rings is 1. The number of rotatable bonds is 4. The monoisotopic (exact) mass is 433 g/mol. The molecule has 4 heterocycles. The molecule has 7 heteroatoms. The quantitative estimate of drug-likeness (QED) is 0.694. The van der Waals surface area contributed by atoms with E-state index in [2.05, 4.69) is 0 Å². The molecular formula is C25H27N3O4. The first-order valence-corrected chi connectivity index (χ1v) is 11.3. The molecule has 5 rings (SSSR count). The predicted molar refractivity (Wildman–Crippen MR) is 118 cm³/mol. The first-order chi connectivity index (χ1) is 15.3. The van der Waals surface area contributed by atoms with Crippen molar-refractivity contribution in [1.82, 2.24) is 14.4 Å². The summed E-state index contributed by atoms with van der Waals surface area (Å²) in [5.74, 6) is -0.543. The van der Waals surface area contributed by atoms with Crippen LogP contribution >= 0.6 is 0 Å². The van der Waals surface area contributed by atoms with E-state index >= 15 is 0 Å². The van der Waals surface area contributed by atoms with E-state index in [0.29, 0.717) is 37.2 Å². The van der Waals surface area contributed by atoms with Crippen LogP contribution in [0.25, 0.3) is 0 Å². The molecule has 1 fully saturated rings. The maximum absolute atomic E-state index is 13.8. The molecule has 3 aliphatic heterocycles. The smallest absolute Gasteiger partial charge is 0.262 e. The van der Waals surface area contributed by atoms with E-state index in [4.69, 9.17) is 0 Å². The molecule has 1 aromatic heterocycles. The first kappa shape index (κ1) is 20.7. The van der Waals surface area contributed by atoms with Gasteiger partial charge in [-0.15, -0.1) is 0 Å². The molecule has 0 spiro atoms. The second-order valence-corrected chi connectivity index (χ2v) is 9.61. The fourth-order valence-electron chi connectivity index (χ4n) is 5.54. The topological polar surface area (TPSA) is 79.7 Å². The van der Waals surface area contributed by atoms with Crippen LogP contribution in [0, 0.1) is 11.8 Å². The highest BCUT2D eigenvalue weighted by atomic mass is 16.2. The second-order valence-electron chi connectivity index (χ2n) is 9.61. The van der Waals surface area contributed by atoms with Crippen LogP contribution in [-0.2, 0) is 11.3 Å². The molecule has 7 nitrogen and oxygen atoms in total. The molecule has 2 bridgehead atoms. The van der Waals surface area contributed by atoms with Crippen LogP contribution in [0.4, 0.5) is 0 Å². The lowest BCUT2D eigenvalue weighted by Gasteiger charge is -2.44. The summed E-state index contributed by atoms with van der Waals surface area (Å²) in [5, 5.41) is 0. The highest BCUT2D eigenvalue weighted by molar-refractivity contribution is 6.22. The Morgan fingerprint density at radius 2 is 1.62 bits per heavy atom. The molecule has 0 saturated carbocycles. The number of carbonyl (C=O) groups excluding carboxylic acids is 3. The summed E-state index contributed by atoms with van der Waals surface area (Å²) in [7, 11) is 0. The summed E-state index contributed by atoms with van der Waals surface area (Å²) < 4.78 is 1.83. The molecule has 3 atom stereocenters. The van der Waals surface area contributed by atoms with Crippen molar-refractivity contribution < 1.29 is 14.4 Å². The van der Waals surface area contributed by atoms with Gasteiger partial charge >= 0.3 is 0 Å². The normalized spacial score (nSPS) is 22.7. The van der Waals surface area contributed by atoms with Crippen LogP contribution in [0.3, 0.4) is 0 Å². The number of piperidine rings is 1. The zero-order chi connectivity index (χ0) is 22.6. The largest absolute Gasteiger partial charge is 0.340 e. The Morgan fingerprint density at radius 1 is 0.938 bits per heavy atom. The summed E-state index contributed by atoms with van der Waals surface area (Å²) >= 11 is 0. The van der Waals surface area contributed by atoms with Crippen molar-refractivity contribution >= 4 is 17.7 Å². The Kier molecular flexibility index (Phi) is 4.99. The van der Waals surface area contributed by atoms with E-state index in [1.807, 2.05) is 29.4 Å². The minimum absolute atomic E-state index is 0.000635. The van der Waals surface area contributed by atoms with Crippen molar-refractivity contribution in [2.24, 2.45) is 11.8 Å². The molecule has 0 aliphatic carbocycles. The third kappa shape index (κ3) is 3.27. The minimum Gasteiger partial charge on any atom is -0.340 e. The van der Waals surface area contributed by atoms with Crippen molar-refractivity contribution in [3.8, 4) is 0 Å². The van der Waals surface area contributed by atoms with Gasteiger partial charge in [-0.25, -0.2) is 0 Å². The van der Waals surface area contributed by atoms with Crippen LogP contribution in [0.5, 0.6) is 0 Å². The molecule has 32 heavy (non-hydrogen) atoms. The first-order valence-electron chi connectivity index (χ1n) is 11.3. The second kappa shape index (κ2) is 7.73. The average Bonchev–Trinajstić information content (AvgIpc) is 3.02. The molecule has 0 radical (unpaired) electrons. The number of hydrogen-bond acceptors (Lipinski definition) is 4. The summed E-state index contributed by atoms with van der Waals surface area (Å²) in [6, 6.07) is 11.3. The number of carbonyl (C=O) groups is 3. The fraction of sp³-hybridized carbons (Fsp3) is 0.440. The van der Waals surface area contributed by atoms with Gasteiger partial charge in [0, 0.05) is 37.3 Å². The molecule has 1 saturated heterocycles. The van der Waals surface area contributed by atoms with Gasteiger partial charge in [0.15, 0.2) is 0 Å². The Labute approximate surface area is 186 Å². The summed E-state index contributed by atoms with van der Waals surface area (Å²) in [5.41, 5.74) is 1.69. The molecule has 3 amide bonds. The highest BCUT2D eigenvalue weighted by Crippen LogP contribution is 2.36. The van der Waals surface area contributed by atoms with Crippen LogP contribution in [0.1, 0.15) is 59.0 Å². The summed E-state index contributed by atoms with van der Waals surface area (Å²) in [6.45, 7) is 5.61. The lowest BCUT2D eigenvalue weighted by Crippen LogP contribution is -2.56. The molecule has 2 aromatic rings. The standard InChI is InChI=1S/C25H27N3O4/c1-15(2)10-21(28-23(30)18-6-3-4-7-19(18)24(28)31)25(32)26-12-16-11-17(14-26)20-8-5-9-22(29)27(20)13-16/h3-9,15-17,21H,10-14H2,1-2H3/t16-,17+,21+/m0/s1. The van der Waals surface area contributed by atoms with Crippen LogP contribution in [-0.4, -0.2) is 51.2 Å². The maximum Gasteiger partial charge on any atom is 0.262 e. The van der Waals surface area contributed by atoms with Gasteiger partial charge in [-0.1, -0.05) is 32.0 Å². The van der Waals surface area contributed by atoms with E-state index in [0.717, 1.165) is 12.1 Å². The number of amides is 3. The minimum atomic E-state index is -0.820. The Hall–Kier alpha value is -3.22. The van der Waals surface area contributed by atoms with Crippen molar-refractivity contribution in [1.29, 1.82) is 0 Å². The van der Waals surface area contributed by atoms with Gasteiger partial charge < -0.3 is 9.47 Å². The van der Waals surface area contributed by atoms with Gasteiger partial charge in [0.05, 0.1) is 11.1 Å². The Balaban J connectivity index is 1.45. The van der Waals surface area contributed by atoms with Crippen molar-refractivity contribution in [3.05, 3.63) is 69.6 Å². The van der Waals surface area contributed by atoms with Gasteiger partial charge in [0.2, 0.25) is 5.91 Å². The third-order valence-corrected chi connectivity index (χ3v) is 6.91. The van der Waals surface area contributed by atoms with Crippen LogP contribution < -0.4 is 5.56 Å². The number of aromatic nitrogens is 1.